The standard InChI is InChI=1S/C26H32N4O5/c1-15-9-16(2)11-18(10-15)29-26(33)28-17-5-8-22-20(12-17)25(32)30(4)21-7-6-19(13-24(31)27-3)35-23(21)14-34-22/h5,8-12,19,21,23H,6-7,13-14H2,1-4H3,(H,27,31)(H2,28,29,33)/t19-,21+,23-/m1/s1. The Balaban J connectivity index is 1.47. The summed E-state index contributed by atoms with van der Waals surface area (Å²) in [6, 6.07) is 10.3. The van der Waals surface area contributed by atoms with Crippen molar-refractivity contribution >= 4 is 29.2 Å². The molecule has 2 aliphatic heterocycles. The van der Waals surface area contributed by atoms with Crippen LogP contribution < -0.4 is 20.7 Å². The molecule has 1 saturated heterocycles. The van der Waals surface area contributed by atoms with Crippen molar-refractivity contribution in [3.05, 3.63) is 53.1 Å². The number of anilines is 2. The van der Waals surface area contributed by atoms with Gasteiger partial charge in [0, 0.05) is 25.5 Å². The highest BCUT2D eigenvalue weighted by Crippen LogP contribution is 2.32. The number of hydrogen-bond acceptors (Lipinski definition) is 5. The number of benzene rings is 2. The number of ether oxygens (including phenoxy) is 2. The number of amides is 4. The van der Waals surface area contributed by atoms with Crippen LogP contribution in [0.4, 0.5) is 16.2 Å². The molecule has 2 aliphatic rings. The maximum atomic E-state index is 13.4. The lowest BCUT2D eigenvalue weighted by Gasteiger charge is -2.42. The van der Waals surface area contributed by atoms with Crippen LogP contribution in [0.1, 0.15) is 40.7 Å². The number of urea groups is 1. The van der Waals surface area contributed by atoms with Crippen molar-refractivity contribution in [2.24, 2.45) is 0 Å². The van der Waals surface area contributed by atoms with Gasteiger partial charge in [0.2, 0.25) is 5.91 Å². The third-order valence-electron chi connectivity index (χ3n) is 6.44. The SMILES string of the molecule is CNC(=O)C[C@H]1CC[C@H]2[C@@H](COc3ccc(NC(=O)Nc4cc(C)cc(C)c4)cc3C(=O)N2C)O1. The van der Waals surface area contributed by atoms with Crippen molar-refractivity contribution in [1.29, 1.82) is 0 Å². The third-order valence-corrected chi connectivity index (χ3v) is 6.44. The quantitative estimate of drug-likeness (QED) is 0.621. The minimum absolute atomic E-state index is 0.0726. The summed E-state index contributed by atoms with van der Waals surface area (Å²) in [6.45, 7) is 4.20. The van der Waals surface area contributed by atoms with Crippen molar-refractivity contribution < 1.29 is 23.9 Å². The first kappa shape index (κ1) is 24.5. The van der Waals surface area contributed by atoms with Gasteiger partial charge < -0.3 is 30.3 Å². The van der Waals surface area contributed by atoms with E-state index in [1.165, 1.54) is 0 Å². The number of fused-ring (bicyclic) bond motifs is 2. The van der Waals surface area contributed by atoms with E-state index in [0.29, 0.717) is 35.5 Å². The molecule has 4 amide bonds. The van der Waals surface area contributed by atoms with Gasteiger partial charge in [-0.05, 0) is 68.1 Å². The topological polar surface area (TPSA) is 109 Å². The maximum absolute atomic E-state index is 13.4. The molecule has 0 spiro atoms. The molecule has 0 saturated carbocycles. The third kappa shape index (κ3) is 5.74. The van der Waals surface area contributed by atoms with E-state index in [1.807, 2.05) is 32.0 Å². The number of aryl methyl sites for hydroxylation is 2. The fourth-order valence-electron chi connectivity index (χ4n) is 4.75. The summed E-state index contributed by atoms with van der Waals surface area (Å²) >= 11 is 0. The summed E-state index contributed by atoms with van der Waals surface area (Å²) in [7, 11) is 3.36. The van der Waals surface area contributed by atoms with E-state index < -0.39 is 6.03 Å². The first-order valence-electron chi connectivity index (χ1n) is 11.8. The maximum Gasteiger partial charge on any atom is 0.323 e. The molecule has 35 heavy (non-hydrogen) atoms. The van der Waals surface area contributed by atoms with Crippen LogP contribution >= 0.6 is 0 Å². The second-order valence-electron chi connectivity index (χ2n) is 9.21. The van der Waals surface area contributed by atoms with Gasteiger partial charge in [-0.2, -0.15) is 0 Å². The number of carbonyl (C=O) groups excluding carboxylic acids is 3. The van der Waals surface area contributed by atoms with E-state index in [9.17, 15) is 14.4 Å². The Morgan fingerprint density at radius 3 is 2.46 bits per heavy atom. The number of carbonyl (C=O) groups is 3. The highest BCUT2D eigenvalue weighted by atomic mass is 16.5. The Kier molecular flexibility index (Phi) is 7.25. The highest BCUT2D eigenvalue weighted by Gasteiger charge is 2.39. The molecule has 9 heteroatoms. The molecule has 0 aromatic heterocycles. The first-order valence-corrected chi connectivity index (χ1v) is 11.8. The minimum Gasteiger partial charge on any atom is -0.490 e. The van der Waals surface area contributed by atoms with E-state index in [1.54, 1.807) is 37.2 Å². The smallest absolute Gasteiger partial charge is 0.323 e. The van der Waals surface area contributed by atoms with Crippen LogP contribution in [0.3, 0.4) is 0 Å². The normalized spacial score (nSPS) is 21.5. The molecule has 3 atom stereocenters. The minimum atomic E-state index is -0.398. The molecule has 3 N–H and O–H groups in total. The van der Waals surface area contributed by atoms with E-state index in [4.69, 9.17) is 9.47 Å². The van der Waals surface area contributed by atoms with Crippen LogP contribution in [0.25, 0.3) is 0 Å². The van der Waals surface area contributed by atoms with Crippen molar-refractivity contribution in [2.75, 3.05) is 31.3 Å². The predicted octanol–water partition coefficient (Wildman–Crippen LogP) is 3.46. The monoisotopic (exact) mass is 480 g/mol. The summed E-state index contributed by atoms with van der Waals surface area (Å²) in [6.07, 6.45) is 1.14. The molecular weight excluding hydrogens is 448 g/mol. The number of hydrogen-bond donors (Lipinski definition) is 3. The van der Waals surface area contributed by atoms with Gasteiger partial charge in [-0.1, -0.05) is 6.07 Å². The lowest BCUT2D eigenvalue weighted by molar-refractivity contribution is -0.133. The van der Waals surface area contributed by atoms with Gasteiger partial charge in [0.25, 0.3) is 5.91 Å². The summed E-state index contributed by atoms with van der Waals surface area (Å²) < 4.78 is 12.1. The molecule has 0 radical (unpaired) electrons. The first-order chi connectivity index (χ1) is 16.7. The van der Waals surface area contributed by atoms with Gasteiger partial charge in [-0.15, -0.1) is 0 Å². The summed E-state index contributed by atoms with van der Waals surface area (Å²) in [5.74, 6) is 0.149. The largest absolute Gasteiger partial charge is 0.490 e. The molecule has 0 unspecified atom stereocenters. The fraction of sp³-hybridized carbons (Fsp3) is 0.423. The van der Waals surface area contributed by atoms with Gasteiger partial charge in [-0.3, -0.25) is 9.59 Å². The van der Waals surface area contributed by atoms with Gasteiger partial charge in [0.1, 0.15) is 18.5 Å². The van der Waals surface area contributed by atoms with E-state index in [2.05, 4.69) is 16.0 Å². The lowest BCUT2D eigenvalue weighted by Crippen LogP contribution is -2.53. The molecular formula is C26H32N4O5. The van der Waals surface area contributed by atoms with Gasteiger partial charge in [0.15, 0.2) is 0 Å². The van der Waals surface area contributed by atoms with Crippen molar-refractivity contribution in [1.82, 2.24) is 10.2 Å². The molecule has 2 heterocycles. The van der Waals surface area contributed by atoms with E-state index in [0.717, 1.165) is 11.1 Å². The molecule has 0 aliphatic carbocycles. The lowest BCUT2D eigenvalue weighted by atomic mass is 9.94. The fourth-order valence-corrected chi connectivity index (χ4v) is 4.75. The number of likely N-dealkylation sites (N-methyl/N-ethyl adjacent to an activating group) is 1. The summed E-state index contributed by atoms with van der Waals surface area (Å²) in [5, 5.41) is 8.25. The number of rotatable bonds is 4. The number of nitrogens with one attached hydrogen (secondary N) is 3. The van der Waals surface area contributed by atoms with Crippen molar-refractivity contribution in [3.63, 3.8) is 0 Å². The van der Waals surface area contributed by atoms with Crippen LogP contribution in [0.15, 0.2) is 36.4 Å². The Hall–Kier alpha value is -3.59. The average Bonchev–Trinajstić information content (AvgIpc) is 2.81. The van der Waals surface area contributed by atoms with Gasteiger partial charge in [0.05, 0.1) is 24.1 Å². The van der Waals surface area contributed by atoms with Gasteiger partial charge in [-0.25, -0.2) is 4.79 Å². The summed E-state index contributed by atoms with van der Waals surface area (Å²) in [5.41, 5.74) is 3.67. The van der Waals surface area contributed by atoms with Crippen LogP contribution in [-0.4, -0.2) is 61.7 Å². The highest BCUT2D eigenvalue weighted by molar-refractivity contribution is 6.02. The molecule has 186 valence electrons. The summed E-state index contributed by atoms with van der Waals surface area (Å²) in [4.78, 5) is 39.4. The van der Waals surface area contributed by atoms with Crippen LogP contribution in [0.5, 0.6) is 5.75 Å². The second-order valence-corrected chi connectivity index (χ2v) is 9.21. The second kappa shape index (κ2) is 10.4. The van der Waals surface area contributed by atoms with Crippen molar-refractivity contribution in [2.45, 2.75) is 51.4 Å². The Morgan fingerprint density at radius 2 is 1.74 bits per heavy atom. The van der Waals surface area contributed by atoms with Gasteiger partial charge >= 0.3 is 6.03 Å². The zero-order valence-electron chi connectivity index (χ0n) is 20.5. The Bertz CT molecular complexity index is 1110. The predicted molar refractivity (Wildman–Crippen MR) is 133 cm³/mol. The molecule has 2 aromatic carbocycles. The zero-order valence-corrected chi connectivity index (χ0v) is 20.5. The molecule has 1 fully saturated rings. The average molecular weight is 481 g/mol. The Labute approximate surface area is 205 Å². The van der Waals surface area contributed by atoms with Crippen LogP contribution in [-0.2, 0) is 9.53 Å². The molecule has 0 bridgehead atoms. The van der Waals surface area contributed by atoms with Crippen LogP contribution in [0, 0.1) is 13.8 Å². The number of nitrogens with zero attached hydrogens (tertiary/aromatic N) is 1. The molecule has 4 rings (SSSR count). The van der Waals surface area contributed by atoms with E-state index >= 15 is 0 Å². The zero-order chi connectivity index (χ0) is 25.1. The molecule has 9 nitrogen and oxygen atoms in total. The van der Waals surface area contributed by atoms with Crippen LogP contribution in [0.2, 0.25) is 0 Å². The van der Waals surface area contributed by atoms with E-state index in [-0.39, 0.29) is 43.1 Å². The van der Waals surface area contributed by atoms with Crippen molar-refractivity contribution in [3.8, 4) is 5.75 Å². The molecule has 2 aromatic rings. The Morgan fingerprint density at radius 1 is 1.03 bits per heavy atom.